The summed E-state index contributed by atoms with van der Waals surface area (Å²) in [5, 5.41) is 10.1. The van der Waals surface area contributed by atoms with E-state index in [2.05, 4.69) is 4.72 Å². The van der Waals surface area contributed by atoms with Gasteiger partial charge in [-0.2, -0.15) is 0 Å². The van der Waals surface area contributed by atoms with Crippen LogP contribution in [0.15, 0.2) is 23.1 Å². The summed E-state index contributed by atoms with van der Waals surface area (Å²) in [6.07, 6.45) is 3.17. The predicted octanol–water partition coefficient (Wildman–Crippen LogP) is 1.16. The van der Waals surface area contributed by atoms with Crippen LogP contribution in [0.3, 0.4) is 0 Å². The second-order valence-electron chi connectivity index (χ2n) is 5.27. The summed E-state index contributed by atoms with van der Waals surface area (Å²) in [7, 11) is -3.62. The average molecular weight is 284 g/mol. The lowest BCUT2D eigenvalue weighted by atomic mass is 10.0. The van der Waals surface area contributed by atoms with Crippen LogP contribution in [0, 0.1) is 6.92 Å². The number of hydrogen-bond acceptors (Lipinski definition) is 4. The Morgan fingerprint density at radius 1 is 1.37 bits per heavy atom. The molecule has 0 radical (unpaired) electrons. The van der Waals surface area contributed by atoms with Gasteiger partial charge in [0.15, 0.2) is 0 Å². The zero-order chi connectivity index (χ0) is 14.1. The summed E-state index contributed by atoms with van der Waals surface area (Å²) in [5.74, 6) is 0. The van der Waals surface area contributed by atoms with E-state index in [4.69, 9.17) is 5.73 Å². The molecule has 0 heterocycles. The number of anilines is 1. The molecule has 6 heteroatoms. The molecule has 0 amide bonds. The third kappa shape index (κ3) is 3.26. The third-order valence-corrected chi connectivity index (χ3v) is 5.09. The van der Waals surface area contributed by atoms with Crippen LogP contribution in [-0.2, 0) is 10.0 Å². The molecule has 0 saturated heterocycles. The van der Waals surface area contributed by atoms with E-state index in [0.29, 0.717) is 18.5 Å². The first-order chi connectivity index (χ1) is 8.82. The summed E-state index contributed by atoms with van der Waals surface area (Å²) in [6.45, 7) is 1.88. The molecule has 0 spiro atoms. The van der Waals surface area contributed by atoms with Crippen molar-refractivity contribution >= 4 is 15.7 Å². The van der Waals surface area contributed by atoms with Crippen LogP contribution in [0.4, 0.5) is 5.69 Å². The number of nitrogen functional groups attached to an aromatic ring is 1. The van der Waals surface area contributed by atoms with Crippen molar-refractivity contribution in [2.45, 2.75) is 43.1 Å². The van der Waals surface area contributed by atoms with Crippen LogP contribution < -0.4 is 10.5 Å². The molecule has 1 fully saturated rings. The Hall–Kier alpha value is -1.11. The minimum absolute atomic E-state index is 0.0586. The Labute approximate surface area is 113 Å². The second kappa shape index (κ2) is 5.11. The highest BCUT2D eigenvalue weighted by Gasteiger charge is 2.32. The number of sulfonamides is 1. The highest BCUT2D eigenvalue weighted by Crippen LogP contribution is 2.29. The van der Waals surface area contributed by atoms with E-state index in [1.54, 1.807) is 6.07 Å². The van der Waals surface area contributed by atoms with Gasteiger partial charge in [0, 0.05) is 12.2 Å². The number of nitrogens with two attached hydrogens (primary N) is 1. The average Bonchev–Trinajstić information content (AvgIpc) is 2.78. The highest BCUT2D eigenvalue weighted by atomic mass is 32.2. The van der Waals surface area contributed by atoms with Crippen molar-refractivity contribution in [2.24, 2.45) is 0 Å². The van der Waals surface area contributed by atoms with Gasteiger partial charge in [-0.3, -0.25) is 0 Å². The third-order valence-electron chi connectivity index (χ3n) is 3.69. The molecule has 0 aliphatic heterocycles. The van der Waals surface area contributed by atoms with Crippen molar-refractivity contribution in [3.8, 4) is 0 Å². The summed E-state index contributed by atoms with van der Waals surface area (Å²) < 4.78 is 26.7. The Bertz CT molecular complexity index is 563. The predicted molar refractivity (Wildman–Crippen MR) is 74.2 cm³/mol. The van der Waals surface area contributed by atoms with E-state index < -0.39 is 15.6 Å². The van der Waals surface area contributed by atoms with Crippen LogP contribution in [0.1, 0.15) is 31.2 Å². The molecule has 1 aliphatic rings. The maximum atomic E-state index is 12.1. The number of rotatable bonds is 4. The van der Waals surface area contributed by atoms with Gasteiger partial charge < -0.3 is 10.8 Å². The molecule has 0 unspecified atom stereocenters. The van der Waals surface area contributed by atoms with Crippen LogP contribution in [-0.4, -0.2) is 25.7 Å². The molecule has 1 aliphatic carbocycles. The minimum Gasteiger partial charge on any atom is -0.398 e. The van der Waals surface area contributed by atoms with Gasteiger partial charge in [0.1, 0.15) is 0 Å². The molecule has 19 heavy (non-hydrogen) atoms. The normalized spacial score (nSPS) is 18.6. The molecule has 5 nitrogen and oxygen atoms in total. The Morgan fingerprint density at radius 3 is 2.58 bits per heavy atom. The van der Waals surface area contributed by atoms with Gasteiger partial charge in [0.05, 0.1) is 10.5 Å². The van der Waals surface area contributed by atoms with E-state index in [-0.39, 0.29) is 11.4 Å². The number of aryl methyl sites for hydroxylation is 1. The van der Waals surface area contributed by atoms with Gasteiger partial charge in [-0.25, -0.2) is 13.1 Å². The number of benzene rings is 1. The van der Waals surface area contributed by atoms with Crippen LogP contribution in [0.25, 0.3) is 0 Å². The lowest BCUT2D eigenvalue weighted by Crippen LogP contribution is -2.40. The maximum absolute atomic E-state index is 12.1. The zero-order valence-electron chi connectivity index (χ0n) is 11.0. The van der Waals surface area contributed by atoms with Crippen molar-refractivity contribution in [1.29, 1.82) is 0 Å². The topological polar surface area (TPSA) is 92.4 Å². The molecule has 1 saturated carbocycles. The van der Waals surface area contributed by atoms with Crippen LogP contribution in [0.5, 0.6) is 0 Å². The monoisotopic (exact) mass is 284 g/mol. The smallest absolute Gasteiger partial charge is 0.240 e. The van der Waals surface area contributed by atoms with Gasteiger partial charge in [0.2, 0.25) is 10.0 Å². The fraction of sp³-hybridized carbons (Fsp3) is 0.538. The second-order valence-corrected chi connectivity index (χ2v) is 7.04. The first kappa shape index (κ1) is 14.3. The quantitative estimate of drug-likeness (QED) is 0.723. The molecule has 0 aromatic heterocycles. The molecule has 0 bridgehead atoms. The van der Waals surface area contributed by atoms with Crippen LogP contribution in [0.2, 0.25) is 0 Å². The summed E-state index contributed by atoms with van der Waals surface area (Å²) in [5.41, 5.74) is 6.11. The Balaban J connectivity index is 2.11. The fourth-order valence-corrected chi connectivity index (χ4v) is 3.46. The van der Waals surface area contributed by atoms with Crippen molar-refractivity contribution in [3.63, 3.8) is 0 Å². The molecule has 4 N–H and O–H groups in total. The molecule has 1 aromatic carbocycles. The van der Waals surface area contributed by atoms with Gasteiger partial charge >= 0.3 is 0 Å². The van der Waals surface area contributed by atoms with Gasteiger partial charge in [-0.1, -0.05) is 18.9 Å². The van der Waals surface area contributed by atoms with E-state index >= 15 is 0 Å². The molecule has 106 valence electrons. The van der Waals surface area contributed by atoms with Crippen LogP contribution >= 0.6 is 0 Å². The number of nitrogens with one attached hydrogen (secondary N) is 1. The first-order valence-corrected chi connectivity index (χ1v) is 7.89. The molecule has 0 atom stereocenters. The Kier molecular flexibility index (Phi) is 3.85. The van der Waals surface area contributed by atoms with E-state index in [1.165, 1.54) is 12.1 Å². The van der Waals surface area contributed by atoms with Crippen molar-refractivity contribution in [1.82, 2.24) is 4.72 Å². The first-order valence-electron chi connectivity index (χ1n) is 6.41. The van der Waals surface area contributed by atoms with Crippen molar-refractivity contribution < 1.29 is 13.5 Å². The minimum atomic E-state index is -3.62. The van der Waals surface area contributed by atoms with E-state index in [1.807, 2.05) is 6.92 Å². The fourth-order valence-electron chi connectivity index (χ4n) is 2.31. The maximum Gasteiger partial charge on any atom is 0.240 e. The molecular weight excluding hydrogens is 264 g/mol. The van der Waals surface area contributed by atoms with E-state index in [9.17, 15) is 13.5 Å². The Morgan fingerprint density at radius 2 is 2.00 bits per heavy atom. The zero-order valence-corrected chi connectivity index (χ0v) is 11.8. The van der Waals surface area contributed by atoms with Gasteiger partial charge in [-0.05, 0) is 37.5 Å². The lowest BCUT2D eigenvalue weighted by molar-refractivity contribution is 0.0532. The molecule has 2 rings (SSSR count). The standard InChI is InChI=1S/C13H20N2O3S/c1-10-4-5-11(8-12(10)14)19(17,18)15-9-13(16)6-2-3-7-13/h4-5,8,15-16H,2-3,6-7,9,14H2,1H3. The summed E-state index contributed by atoms with van der Waals surface area (Å²) in [6, 6.07) is 4.64. The molecular formula is C13H20N2O3S. The number of hydrogen-bond donors (Lipinski definition) is 3. The van der Waals surface area contributed by atoms with Gasteiger partial charge in [0.25, 0.3) is 0 Å². The summed E-state index contributed by atoms with van der Waals surface area (Å²) >= 11 is 0. The van der Waals surface area contributed by atoms with Crippen molar-refractivity contribution in [2.75, 3.05) is 12.3 Å². The SMILES string of the molecule is Cc1ccc(S(=O)(=O)NCC2(O)CCCC2)cc1N. The highest BCUT2D eigenvalue weighted by molar-refractivity contribution is 7.89. The number of aliphatic hydroxyl groups is 1. The van der Waals surface area contributed by atoms with Crippen molar-refractivity contribution in [3.05, 3.63) is 23.8 Å². The van der Waals surface area contributed by atoms with E-state index in [0.717, 1.165) is 18.4 Å². The van der Waals surface area contributed by atoms with Gasteiger partial charge in [-0.15, -0.1) is 0 Å². The largest absolute Gasteiger partial charge is 0.398 e. The lowest BCUT2D eigenvalue weighted by Gasteiger charge is -2.22. The summed E-state index contributed by atoms with van der Waals surface area (Å²) in [4.78, 5) is 0.136. The molecule has 1 aromatic rings.